The van der Waals surface area contributed by atoms with Crippen LogP contribution in [-0.2, 0) is 14.0 Å². The number of carbonyl (C=O) groups is 1. The Bertz CT molecular complexity index is 658. The van der Waals surface area contributed by atoms with Gasteiger partial charge in [-0.05, 0) is 46.7 Å². The van der Waals surface area contributed by atoms with Gasteiger partial charge in [0.2, 0.25) is 14.1 Å². The van der Waals surface area contributed by atoms with Crippen molar-refractivity contribution in [3.63, 3.8) is 0 Å². The van der Waals surface area contributed by atoms with E-state index in [1.807, 2.05) is 6.08 Å². The second-order valence-corrected chi connectivity index (χ2v) is 16.8. The molecule has 2 fully saturated rings. The molecule has 1 saturated carbocycles. The number of hydrogen-bond acceptors (Lipinski definition) is 3. The fourth-order valence-electron chi connectivity index (χ4n) is 7.08. The lowest BCUT2D eigenvalue weighted by Crippen LogP contribution is -2.71. The second-order valence-electron chi connectivity index (χ2n) is 11.4. The summed E-state index contributed by atoms with van der Waals surface area (Å²) in [6, 6.07) is 0. The predicted octanol–water partition coefficient (Wildman–Crippen LogP) is 5.99. The Morgan fingerprint density at radius 1 is 1.11 bits per heavy atom. The van der Waals surface area contributed by atoms with Crippen molar-refractivity contribution in [1.29, 1.82) is 0 Å². The molecule has 3 rings (SSSR count). The molecule has 28 heavy (non-hydrogen) atoms. The molecule has 3 aliphatic rings. The van der Waals surface area contributed by atoms with Gasteiger partial charge >= 0.3 is 5.97 Å². The summed E-state index contributed by atoms with van der Waals surface area (Å²) < 4.78 is 13.7. The van der Waals surface area contributed by atoms with Gasteiger partial charge in [-0.1, -0.05) is 68.4 Å². The maximum absolute atomic E-state index is 12.2. The third-order valence-corrected chi connectivity index (χ3v) is 14.2. The molecule has 0 aromatic heterocycles. The molecular weight excluding hydrogens is 368 g/mol. The SMILES string of the molecule is CC(C)[Si](O[C@]12OC[C@@H]3CC(C)(C)C[C@@H]3[C@@]1(C)C=C2C(=O)O)(C(C)C)C(C)C. The second kappa shape index (κ2) is 6.68. The number of fused-ring (bicyclic) bond motifs is 3. The highest BCUT2D eigenvalue weighted by molar-refractivity contribution is 6.77. The van der Waals surface area contributed by atoms with Gasteiger partial charge in [0.1, 0.15) is 0 Å². The van der Waals surface area contributed by atoms with E-state index in [0.29, 0.717) is 40.6 Å². The van der Waals surface area contributed by atoms with Gasteiger partial charge in [0.15, 0.2) is 0 Å². The van der Waals surface area contributed by atoms with Gasteiger partial charge in [-0.25, -0.2) is 4.79 Å². The predicted molar refractivity (Wildman–Crippen MR) is 115 cm³/mol. The minimum atomic E-state index is -2.32. The molecule has 0 bridgehead atoms. The van der Waals surface area contributed by atoms with Gasteiger partial charge in [-0.15, -0.1) is 0 Å². The van der Waals surface area contributed by atoms with E-state index in [1.165, 1.54) is 0 Å². The average Bonchev–Trinajstić information content (AvgIpc) is 2.85. The molecule has 4 nitrogen and oxygen atoms in total. The van der Waals surface area contributed by atoms with Crippen LogP contribution in [0, 0.1) is 22.7 Å². The molecule has 0 radical (unpaired) electrons. The van der Waals surface area contributed by atoms with E-state index in [0.717, 1.165) is 12.8 Å². The van der Waals surface area contributed by atoms with Crippen molar-refractivity contribution in [2.45, 2.75) is 97.6 Å². The van der Waals surface area contributed by atoms with Crippen LogP contribution in [0.3, 0.4) is 0 Å². The zero-order valence-corrected chi connectivity index (χ0v) is 20.3. The van der Waals surface area contributed by atoms with Gasteiger partial charge in [-0.3, -0.25) is 0 Å². The summed E-state index contributed by atoms with van der Waals surface area (Å²) in [6.07, 6.45) is 4.21. The third kappa shape index (κ3) is 2.79. The van der Waals surface area contributed by atoms with Gasteiger partial charge in [0.25, 0.3) is 0 Å². The Balaban J connectivity index is 2.11. The highest BCUT2D eigenvalue weighted by Gasteiger charge is 2.72. The van der Waals surface area contributed by atoms with Crippen LogP contribution in [0.1, 0.15) is 75.2 Å². The summed E-state index contributed by atoms with van der Waals surface area (Å²) in [6.45, 7) is 20.9. The van der Waals surface area contributed by atoms with Crippen LogP contribution in [0.2, 0.25) is 16.6 Å². The monoisotopic (exact) mass is 408 g/mol. The van der Waals surface area contributed by atoms with Crippen molar-refractivity contribution in [1.82, 2.24) is 0 Å². The molecule has 160 valence electrons. The van der Waals surface area contributed by atoms with Crippen LogP contribution in [0.4, 0.5) is 0 Å². The fraction of sp³-hybridized carbons (Fsp3) is 0.870. The molecule has 5 heteroatoms. The molecule has 1 saturated heterocycles. The molecule has 2 aliphatic carbocycles. The van der Waals surface area contributed by atoms with Crippen LogP contribution < -0.4 is 0 Å². The van der Waals surface area contributed by atoms with E-state index in [1.54, 1.807) is 0 Å². The minimum absolute atomic E-state index is 0.271. The zero-order valence-electron chi connectivity index (χ0n) is 19.3. The first kappa shape index (κ1) is 22.0. The van der Waals surface area contributed by atoms with Crippen molar-refractivity contribution in [2.75, 3.05) is 6.61 Å². The van der Waals surface area contributed by atoms with E-state index in [2.05, 4.69) is 62.3 Å². The van der Waals surface area contributed by atoms with Gasteiger partial charge in [-0.2, -0.15) is 0 Å². The maximum atomic E-state index is 12.2. The first-order valence-electron chi connectivity index (χ1n) is 11.0. The topological polar surface area (TPSA) is 55.8 Å². The van der Waals surface area contributed by atoms with Crippen molar-refractivity contribution in [2.24, 2.45) is 22.7 Å². The summed E-state index contributed by atoms with van der Waals surface area (Å²) >= 11 is 0. The first-order chi connectivity index (χ1) is 12.7. The Labute approximate surface area is 172 Å². The largest absolute Gasteiger partial charge is 0.478 e. The Kier molecular flexibility index (Phi) is 5.26. The molecule has 0 aromatic rings. The molecule has 0 aromatic carbocycles. The molecule has 0 spiro atoms. The lowest BCUT2D eigenvalue weighted by Gasteiger charge is -2.64. The Morgan fingerprint density at radius 3 is 2.11 bits per heavy atom. The Hall–Kier alpha value is -0.653. The molecular formula is C23H40O4Si. The summed E-state index contributed by atoms with van der Waals surface area (Å²) in [4.78, 5) is 12.2. The lowest BCUT2D eigenvalue weighted by molar-refractivity contribution is -0.290. The fourth-order valence-corrected chi connectivity index (χ4v) is 12.7. The van der Waals surface area contributed by atoms with Crippen LogP contribution in [0.25, 0.3) is 0 Å². The normalized spacial score (nSPS) is 36.9. The van der Waals surface area contributed by atoms with Crippen molar-refractivity contribution in [3.05, 3.63) is 11.6 Å². The van der Waals surface area contributed by atoms with E-state index < -0.39 is 20.1 Å². The van der Waals surface area contributed by atoms with E-state index in [-0.39, 0.29) is 10.8 Å². The molecule has 1 aliphatic heterocycles. The van der Waals surface area contributed by atoms with Gasteiger partial charge < -0.3 is 14.3 Å². The van der Waals surface area contributed by atoms with E-state index >= 15 is 0 Å². The highest BCUT2D eigenvalue weighted by Crippen LogP contribution is 2.68. The van der Waals surface area contributed by atoms with Crippen LogP contribution >= 0.6 is 0 Å². The lowest BCUT2D eigenvalue weighted by atomic mass is 9.55. The van der Waals surface area contributed by atoms with Crippen molar-refractivity contribution >= 4 is 14.3 Å². The number of aliphatic carboxylic acids is 1. The summed E-state index contributed by atoms with van der Waals surface area (Å²) in [5.74, 6) is -1.09. The smallest absolute Gasteiger partial charge is 0.336 e. The quantitative estimate of drug-likeness (QED) is 0.549. The number of hydrogen-bond donors (Lipinski definition) is 1. The molecule has 1 heterocycles. The third-order valence-electron chi connectivity index (χ3n) is 8.19. The number of ether oxygens (including phenoxy) is 1. The maximum Gasteiger partial charge on any atom is 0.336 e. The van der Waals surface area contributed by atoms with Gasteiger partial charge in [0.05, 0.1) is 12.2 Å². The minimum Gasteiger partial charge on any atom is -0.478 e. The number of rotatable bonds is 6. The summed E-state index contributed by atoms with van der Waals surface area (Å²) in [7, 11) is -2.32. The van der Waals surface area contributed by atoms with Crippen LogP contribution in [0.15, 0.2) is 11.6 Å². The van der Waals surface area contributed by atoms with Crippen LogP contribution in [-0.4, -0.2) is 31.8 Å². The highest BCUT2D eigenvalue weighted by atomic mass is 28.4. The molecule has 1 N–H and O–H groups in total. The average molecular weight is 409 g/mol. The summed E-state index contributed by atoms with van der Waals surface area (Å²) in [5, 5.41) is 9.99. The zero-order chi connectivity index (χ0) is 21.3. The van der Waals surface area contributed by atoms with E-state index in [4.69, 9.17) is 9.16 Å². The number of carboxylic acids is 1. The van der Waals surface area contributed by atoms with E-state index in [9.17, 15) is 9.90 Å². The number of carboxylic acid groups (broad SMARTS) is 1. The van der Waals surface area contributed by atoms with Crippen molar-refractivity contribution < 1.29 is 19.1 Å². The molecule has 4 atom stereocenters. The molecule has 0 unspecified atom stereocenters. The van der Waals surface area contributed by atoms with Crippen molar-refractivity contribution in [3.8, 4) is 0 Å². The van der Waals surface area contributed by atoms with Crippen LogP contribution in [0.5, 0.6) is 0 Å². The summed E-state index contributed by atoms with van der Waals surface area (Å²) in [5.41, 5.74) is 1.37. The Morgan fingerprint density at radius 2 is 1.64 bits per heavy atom. The first-order valence-corrected chi connectivity index (χ1v) is 13.2. The van der Waals surface area contributed by atoms with Gasteiger partial charge in [0, 0.05) is 5.41 Å². The molecule has 0 amide bonds. The standard InChI is InChI=1S/C23H40O4Si/c1-14(2)28(15(3)4,16(5)6)27-23-19(20(24)25)12-22(23,9)18-11-21(7,8)10-17(18)13-26-23/h12,14-18H,10-11,13H2,1-9H3,(H,24,25)/t17-,18-,22+,23-/m0/s1.